The SMILES string of the molecule is CCCCCCSc1nnc2c(n1)O[C@H](c1cccc(OC)c1OC)N(C(C)=O)c1ccccc1-2. The lowest BCUT2D eigenvalue weighted by atomic mass is 10.1. The van der Waals surface area contributed by atoms with Crippen molar-refractivity contribution in [2.45, 2.75) is 50.9 Å². The van der Waals surface area contributed by atoms with Crippen molar-refractivity contribution in [3.05, 3.63) is 48.0 Å². The first-order chi connectivity index (χ1) is 17.1. The number of para-hydroxylation sites is 2. The molecule has 0 N–H and O–H groups in total. The van der Waals surface area contributed by atoms with E-state index in [1.807, 2.05) is 36.4 Å². The van der Waals surface area contributed by atoms with Crippen LogP contribution in [0.25, 0.3) is 11.3 Å². The zero-order valence-corrected chi connectivity index (χ0v) is 21.3. The molecule has 184 valence electrons. The zero-order chi connectivity index (χ0) is 24.8. The van der Waals surface area contributed by atoms with E-state index in [9.17, 15) is 4.79 Å². The molecule has 0 saturated heterocycles. The number of nitrogens with zero attached hydrogens (tertiary/aromatic N) is 4. The molecule has 1 atom stereocenters. The maximum Gasteiger partial charge on any atom is 0.247 e. The Morgan fingerprint density at radius 2 is 1.89 bits per heavy atom. The number of amides is 1. The van der Waals surface area contributed by atoms with Crippen LogP contribution in [0.4, 0.5) is 5.69 Å². The third-order valence-electron chi connectivity index (χ3n) is 5.78. The fourth-order valence-corrected chi connectivity index (χ4v) is 4.89. The molecule has 1 aliphatic heterocycles. The van der Waals surface area contributed by atoms with Gasteiger partial charge in [0.25, 0.3) is 0 Å². The van der Waals surface area contributed by atoms with Gasteiger partial charge in [-0.2, -0.15) is 4.98 Å². The highest BCUT2D eigenvalue weighted by Gasteiger charge is 2.36. The van der Waals surface area contributed by atoms with Crippen molar-refractivity contribution in [1.29, 1.82) is 0 Å². The van der Waals surface area contributed by atoms with E-state index in [4.69, 9.17) is 19.2 Å². The van der Waals surface area contributed by atoms with E-state index in [2.05, 4.69) is 17.1 Å². The minimum absolute atomic E-state index is 0.196. The van der Waals surface area contributed by atoms with Crippen molar-refractivity contribution >= 4 is 23.4 Å². The van der Waals surface area contributed by atoms with Gasteiger partial charge in [-0.05, 0) is 24.6 Å². The summed E-state index contributed by atoms with van der Waals surface area (Å²) in [5.41, 5.74) is 2.51. The van der Waals surface area contributed by atoms with Gasteiger partial charge >= 0.3 is 0 Å². The summed E-state index contributed by atoms with van der Waals surface area (Å²) in [6.45, 7) is 3.70. The average molecular weight is 495 g/mol. The number of thioether (sulfide) groups is 1. The molecule has 8 nitrogen and oxygen atoms in total. The molecular formula is C26H30N4O4S. The van der Waals surface area contributed by atoms with Crippen LogP contribution in [0.5, 0.6) is 17.4 Å². The number of hydrogen-bond acceptors (Lipinski definition) is 8. The van der Waals surface area contributed by atoms with Crippen molar-refractivity contribution in [1.82, 2.24) is 15.2 Å². The Labute approximate surface area is 210 Å². The first kappa shape index (κ1) is 24.8. The second-order valence-corrected chi connectivity index (χ2v) is 9.18. The highest BCUT2D eigenvalue weighted by molar-refractivity contribution is 7.99. The number of benzene rings is 2. The highest BCUT2D eigenvalue weighted by atomic mass is 32.2. The van der Waals surface area contributed by atoms with Crippen LogP contribution in [0.3, 0.4) is 0 Å². The van der Waals surface area contributed by atoms with Gasteiger partial charge in [0, 0.05) is 18.2 Å². The van der Waals surface area contributed by atoms with Crippen LogP contribution >= 0.6 is 11.8 Å². The number of rotatable bonds is 9. The second kappa shape index (κ2) is 11.4. The number of anilines is 1. The van der Waals surface area contributed by atoms with Crippen LogP contribution in [0.2, 0.25) is 0 Å². The summed E-state index contributed by atoms with van der Waals surface area (Å²) >= 11 is 1.56. The monoisotopic (exact) mass is 494 g/mol. The number of hydrogen-bond donors (Lipinski definition) is 0. The molecule has 0 saturated carbocycles. The number of ether oxygens (including phenoxy) is 3. The third kappa shape index (κ3) is 5.19. The van der Waals surface area contributed by atoms with E-state index in [-0.39, 0.29) is 5.91 Å². The quantitative estimate of drug-likeness (QED) is 0.278. The number of carbonyl (C=O) groups excluding carboxylic acids is 1. The first-order valence-electron chi connectivity index (χ1n) is 11.7. The molecule has 1 amide bonds. The fourth-order valence-electron chi connectivity index (χ4n) is 4.11. The molecule has 2 aromatic carbocycles. The largest absolute Gasteiger partial charge is 0.493 e. The number of aromatic nitrogens is 3. The van der Waals surface area contributed by atoms with Crippen LogP contribution < -0.4 is 19.1 Å². The van der Waals surface area contributed by atoms with Gasteiger partial charge in [0.2, 0.25) is 23.2 Å². The minimum Gasteiger partial charge on any atom is -0.493 e. The molecule has 0 unspecified atom stereocenters. The minimum atomic E-state index is -0.848. The molecule has 2 heterocycles. The van der Waals surface area contributed by atoms with Crippen LogP contribution in [-0.2, 0) is 4.79 Å². The standard InChI is InChI=1S/C26H30N4O4S/c1-5-6-7-10-16-35-26-27-24-22(28-29-26)18-12-8-9-14-20(18)30(17(2)31)25(34-24)19-13-11-15-21(32-3)23(19)33-4/h8-9,11-15,25H,5-7,10,16H2,1-4H3/t25-/m1/s1. The summed E-state index contributed by atoms with van der Waals surface area (Å²) < 4.78 is 17.6. The van der Waals surface area contributed by atoms with E-state index < -0.39 is 6.23 Å². The molecule has 9 heteroatoms. The van der Waals surface area contributed by atoms with E-state index >= 15 is 0 Å². The fraction of sp³-hybridized carbons (Fsp3) is 0.385. The van der Waals surface area contributed by atoms with Crippen molar-refractivity contribution in [3.8, 4) is 28.6 Å². The summed E-state index contributed by atoms with van der Waals surface area (Å²) in [4.78, 5) is 19.3. The third-order valence-corrected chi connectivity index (χ3v) is 6.70. The molecule has 1 aromatic heterocycles. The van der Waals surface area contributed by atoms with Gasteiger partial charge in [0.1, 0.15) is 0 Å². The van der Waals surface area contributed by atoms with Crippen LogP contribution in [0, 0.1) is 0 Å². The molecule has 1 aliphatic rings. The van der Waals surface area contributed by atoms with Crippen molar-refractivity contribution in [2.24, 2.45) is 0 Å². The van der Waals surface area contributed by atoms with Gasteiger partial charge in [0.15, 0.2) is 17.2 Å². The Hall–Kier alpha value is -3.33. The molecule has 0 aliphatic carbocycles. The summed E-state index contributed by atoms with van der Waals surface area (Å²) in [6, 6.07) is 13.0. The lowest BCUT2D eigenvalue weighted by Gasteiger charge is -2.31. The van der Waals surface area contributed by atoms with Crippen molar-refractivity contribution in [2.75, 3.05) is 24.9 Å². The smallest absolute Gasteiger partial charge is 0.247 e. The van der Waals surface area contributed by atoms with E-state index in [1.54, 1.807) is 36.9 Å². The van der Waals surface area contributed by atoms with Gasteiger partial charge in [-0.15, -0.1) is 10.2 Å². The Morgan fingerprint density at radius 1 is 1.06 bits per heavy atom. The molecule has 35 heavy (non-hydrogen) atoms. The van der Waals surface area contributed by atoms with E-state index in [0.717, 1.165) is 17.7 Å². The van der Waals surface area contributed by atoms with Gasteiger partial charge in [-0.25, -0.2) is 0 Å². The maximum atomic E-state index is 13.0. The Morgan fingerprint density at radius 3 is 2.63 bits per heavy atom. The van der Waals surface area contributed by atoms with Gasteiger partial charge in [0.05, 0.1) is 25.5 Å². The molecule has 0 spiro atoms. The predicted molar refractivity (Wildman–Crippen MR) is 136 cm³/mol. The number of carbonyl (C=O) groups is 1. The number of fused-ring (bicyclic) bond motifs is 3. The second-order valence-electron chi connectivity index (χ2n) is 8.12. The summed E-state index contributed by atoms with van der Waals surface area (Å²) in [6.07, 6.45) is 3.83. The number of unbranched alkanes of at least 4 members (excludes halogenated alkanes) is 3. The first-order valence-corrected chi connectivity index (χ1v) is 12.7. The number of methoxy groups -OCH3 is 2. The van der Waals surface area contributed by atoms with Crippen LogP contribution in [0.15, 0.2) is 47.6 Å². The molecular weight excluding hydrogens is 464 g/mol. The highest BCUT2D eigenvalue weighted by Crippen LogP contribution is 2.46. The Balaban J connectivity index is 1.80. The van der Waals surface area contributed by atoms with Gasteiger partial charge in [-0.3, -0.25) is 9.69 Å². The molecule has 3 aromatic rings. The summed E-state index contributed by atoms with van der Waals surface area (Å²) in [5, 5.41) is 9.38. The maximum absolute atomic E-state index is 13.0. The Bertz CT molecular complexity index is 1190. The lowest BCUT2D eigenvalue weighted by Crippen LogP contribution is -2.36. The van der Waals surface area contributed by atoms with Crippen LogP contribution in [0.1, 0.15) is 51.3 Å². The molecule has 0 bridgehead atoms. The molecule has 0 fully saturated rings. The normalized spacial score (nSPS) is 14.4. The summed E-state index contributed by atoms with van der Waals surface area (Å²) in [7, 11) is 3.14. The topological polar surface area (TPSA) is 86.7 Å². The van der Waals surface area contributed by atoms with Crippen molar-refractivity contribution in [3.63, 3.8) is 0 Å². The zero-order valence-electron chi connectivity index (χ0n) is 20.5. The van der Waals surface area contributed by atoms with E-state index in [0.29, 0.717) is 39.5 Å². The van der Waals surface area contributed by atoms with Crippen molar-refractivity contribution < 1.29 is 19.0 Å². The molecule has 0 radical (unpaired) electrons. The summed E-state index contributed by atoms with van der Waals surface area (Å²) in [5.74, 6) is 2.06. The van der Waals surface area contributed by atoms with Crippen LogP contribution in [-0.4, -0.2) is 41.1 Å². The van der Waals surface area contributed by atoms with Gasteiger partial charge in [-0.1, -0.05) is 62.2 Å². The molecule has 4 rings (SSSR count). The average Bonchev–Trinajstić information content (AvgIpc) is 3.02. The van der Waals surface area contributed by atoms with E-state index in [1.165, 1.54) is 26.2 Å². The van der Waals surface area contributed by atoms with Gasteiger partial charge < -0.3 is 14.2 Å². The predicted octanol–water partition coefficient (Wildman–Crippen LogP) is 5.67. The Kier molecular flexibility index (Phi) is 8.07. The lowest BCUT2D eigenvalue weighted by molar-refractivity contribution is -0.118.